The van der Waals surface area contributed by atoms with Gasteiger partial charge in [-0.05, 0) is 18.6 Å². The van der Waals surface area contributed by atoms with Gasteiger partial charge in [-0.25, -0.2) is 4.39 Å². The van der Waals surface area contributed by atoms with Crippen LogP contribution in [0.25, 0.3) is 0 Å². The Morgan fingerprint density at radius 1 is 1.41 bits per heavy atom. The number of rotatable bonds is 2. The molecule has 1 saturated heterocycles. The van der Waals surface area contributed by atoms with E-state index in [-0.39, 0.29) is 12.3 Å². The number of amides is 2. The Labute approximate surface area is 98.2 Å². The van der Waals surface area contributed by atoms with Crippen LogP contribution >= 0.6 is 0 Å². The van der Waals surface area contributed by atoms with Gasteiger partial charge >= 0.3 is 0 Å². The van der Waals surface area contributed by atoms with Crippen LogP contribution in [0.15, 0.2) is 18.2 Å². The maximum atomic E-state index is 13.8. The summed E-state index contributed by atoms with van der Waals surface area (Å²) in [5.74, 6) is -1.71. The van der Waals surface area contributed by atoms with Crippen LogP contribution in [0.4, 0.5) is 10.1 Å². The van der Waals surface area contributed by atoms with E-state index in [1.54, 1.807) is 19.2 Å². The van der Waals surface area contributed by atoms with Gasteiger partial charge in [-0.2, -0.15) is 0 Å². The minimum atomic E-state index is -0.571. The van der Waals surface area contributed by atoms with E-state index in [9.17, 15) is 14.0 Å². The van der Waals surface area contributed by atoms with Gasteiger partial charge in [-0.3, -0.25) is 14.9 Å². The molecular weight excluding hydrogens is 223 g/mol. The molecule has 1 atom stereocenters. The molecule has 0 spiro atoms. The van der Waals surface area contributed by atoms with Crippen LogP contribution in [0.3, 0.4) is 0 Å². The molecule has 2 amide bonds. The number of nitrogens with one attached hydrogen (secondary N) is 2. The molecule has 4 nitrogen and oxygen atoms in total. The van der Waals surface area contributed by atoms with Gasteiger partial charge in [0.25, 0.3) is 0 Å². The number of imide groups is 1. The Kier molecular flexibility index (Phi) is 3.08. The molecule has 1 aliphatic rings. The number of anilines is 1. The smallest absolute Gasteiger partial charge is 0.234 e. The summed E-state index contributed by atoms with van der Waals surface area (Å²) < 4.78 is 13.8. The molecule has 1 fully saturated rings. The largest absolute Gasteiger partial charge is 0.388 e. The van der Waals surface area contributed by atoms with Crippen LogP contribution in [0, 0.1) is 5.82 Å². The summed E-state index contributed by atoms with van der Waals surface area (Å²) in [7, 11) is 1.69. The molecule has 90 valence electrons. The first-order valence-electron chi connectivity index (χ1n) is 5.42. The van der Waals surface area contributed by atoms with E-state index in [1.807, 2.05) is 0 Å². The maximum Gasteiger partial charge on any atom is 0.234 e. The monoisotopic (exact) mass is 236 g/mol. The molecule has 0 aromatic heterocycles. The molecule has 2 rings (SSSR count). The molecule has 1 aromatic rings. The van der Waals surface area contributed by atoms with Crippen molar-refractivity contribution in [2.45, 2.75) is 18.8 Å². The van der Waals surface area contributed by atoms with Gasteiger partial charge in [0.1, 0.15) is 5.82 Å². The summed E-state index contributed by atoms with van der Waals surface area (Å²) in [5.41, 5.74) is 0.993. The minimum absolute atomic E-state index is 0.254. The standard InChI is InChI=1S/C12H13FN2O2/c1-14-7-2-3-8(10(13)6-7)9-4-5-11(16)15-12(9)17/h2-3,6,9,14H,4-5H2,1H3,(H,15,16,17). The van der Waals surface area contributed by atoms with Crippen LogP contribution in [0.5, 0.6) is 0 Å². The van der Waals surface area contributed by atoms with Crippen LogP contribution < -0.4 is 10.6 Å². The second-order valence-electron chi connectivity index (χ2n) is 3.99. The third kappa shape index (κ3) is 2.27. The number of hydrogen-bond acceptors (Lipinski definition) is 3. The lowest BCUT2D eigenvalue weighted by Crippen LogP contribution is -2.39. The molecule has 1 heterocycles. The van der Waals surface area contributed by atoms with E-state index in [1.165, 1.54) is 6.07 Å². The summed E-state index contributed by atoms with van der Waals surface area (Å²) in [6.07, 6.45) is 0.615. The van der Waals surface area contributed by atoms with E-state index in [0.717, 1.165) is 0 Å². The Balaban J connectivity index is 2.28. The highest BCUT2D eigenvalue weighted by Crippen LogP contribution is 2.28. The van der Waals surface area contributed by atoms with Gasteiger partial charge in [0, 0.05) is 24.7 Å². The normalized spacial score (nSPS) is 20.0. The zero-order chi connectivity index (χ0) is 12.4. The van der Waals surface area contributed by atoms with Crippen molar-refractivity contribution in [1.82, 2.24) is 5.32 Å². The zero-order valence-corrected chi connectivity index (χ0v) is 9.42. The van der Waals surface area contributed by atoms with Crippen molar-refractivity contribution >= 4 is 17.5 Å². The molecule has 2 N–H and O–H groups in total. The first-order valence-corrected chi connectivity index (χ1v) is 5.42. The predicted molar refractivity (Wildman–Crippen MR) is 61.1 cm³/mol. The molecule has 0 saturated carbocycles. The van der Waals surface area contributed by atoms with Gasteiger partial charge in [-0.1, -0.05) is 6.07 Å². The third-order valence-corrected chi connectivity index (χ3v) is 2.90. The van der Waals surface area contributed by atoms with E-state index < -0.39 is 17.6 Å². The van der Waals surface area contributed by atoms with Crippen molar-refractivity contribution in [1.29, 1.82) is 0 Å². The summed E-state index contributed by atoms with van der Waals surface area (Å²) in [6.45, 7) is 0. The quantitative estimate of drug-likeness (QED) is 0.763. The first kappa shape index (κ1) is 11.6. The second kappa shape index (κ2) is 4.53. The topological polar surface area (TPSA) is 58.2 Å². The molecule has 5 heteroatoms. The van der Waals surface area contributed by atoms with E-state index in [4.69, 9.17) is 0 Å². The van der Waals surface area contributed by atoms with Crippen LogP contribution in [-0.2, 0) is 9.59 Å². The third-order valence-electron chi connectivity index (χ3n) is 2.90. The number of carbonyl (C=O) groups is 2. The number of benzene rings is 1. The number of hydrogen-bond donors (Lipinski definition) is 2. The fourth-order valence-corrected chi connectivity index (χ4v) is 1.96. The molecule has 17 heavy (non-hydrogen) atoms. The van der Waals surface area contributed by atoms with E-state index >= 15 is 0 Å². The second-order valence-corrected chi connectivity index (χ2v) is 3.99. The summed E-state index contributed by atoms with van der Waals surface area (Å²) in [5, 5.41) is 5.05. The Bertz CT molecular complexity index is 474. The Hall–Kier alpha value is -1.91. The Morgan fingerprint density at radius 2 is 2.18 bits per heavy atom. The summed E-state index contributed by atoms with van der Waals surface area (Å²) in [6, 6.07) is 4.64. The van der Waals surface area contributed by atoms with Crippen LogP contribution in [-0.4, -0.2) is 18.9 Å². The van der Waals surface area contributed by atoms with Crippen molar-refractivity contribution in [3.8, 4) is 0 Å². The van der Waals surface area contributed by atoms with Gasteiger partial charge in [0.05, 0.1) is 5.92 Å². The SMILES string of the molecule is CNc1ccc(C2CCC(=O)NC2=O)c(F)c1. The molecule has 0 radical (unpaired) electrons. The highest BCUT2D eigenvalue weighted by Gasteiger charge is 2.29. The number of halogens is 1. The molecular formula is C12H13FN2O2. The fraction of sp³-hybridized carbons (Fsp3) is 0.333. The highest BCUT2D eigenvalue weighted by atomic mass is 19.1. The minimum Gasteiger partial charge on any atom is -0.388 e. The molecule has 1 aliphatic heterocycles. The number of carbonyl (C=O) groups excluding carboxylic acids is 2. The van der Waals surface area contributed by atoms with Gasteiger partial charge in [0.2, 0.25) is 11.8 Å². The lowest BCUT2D eigenvalue weighted by Gasteiger charge is -2.21. The van der Waals surface area contributed by atoms with Gasteiger partial charge in [-0.15, -0.1) is 0 Å². The van der Waals surface area contributed by atoms with Crippen LogP contribution in [0.1, 0.15) is 24.3 Å². The summed E-state index contributed by atoms with van der Waals surface area (Å²) >= 11 is 0. The molecule has 1 unspecified atom stereocenters. The lowest BCUT2D eigenvalue weighted by molar-refractivity contribution is -0.134. The maximum absolute atomic E-state index is 13.8. The van der Waals surface area contributed by atoms with Crippen molar-refractivity contribution in [3.05, 3.63) is 29.6 Å². The Morgan fingerprint density at radius 3 is 2.76 bits per heavy atom. The van der Waals surface area contributed by atoms with Crippen molar-refractivity contribution in [2.75, 3.05) is 12.4 Å². The van der Waals surface area contributed by atoms with Crippen molar-refractivity contribution < 1.29 is 14.0 Å². The van der Waals surface area contributed by atoms with E-state index in [0.29, 0.717) is 17.7 Å². The van der Waals surface area contributed by atoms with Gasteiger partial charge in [0.15, 0.2) is 0 Å². The van der Waals surface area contributed by atoms with Crippen molar-refractivity contribution in [3.63, 3.8) is 0 Å². The average molecular weight is 236 g/mol. The van der Waals surface area contributed by atoms with Gasteiger partial charge < -0.3 is 5.32 Å². The lowest BCUT2D eigenvalue weighted by atomic mass is 9.90. The first-order chi connectivity index (χ1) is 8.11. The zero-order valence-electron chi connectivity index (χ0n) is 9.42. The van der Waals surface area contributed by atoms with Crippen LogP contribution in [0.2, 0.25) is 0 Å². The molecule has 0 bridgehead atoms. The predicted octanol–water partition coefficient (Wildman–Crippen LogP) is 1.39. The fourth-order valence-electron chi connectivity index (χ4n) is 1.96. The van der Waals surface area contributed by atoms with E-state index in [2.05, 4.69) is 10.6 Å². The summed E-state index contributed by atoms with van der Waals surface area (Å²) in [4.78, 5) is 22.6. The highest BCUT2D eigenvalue weighted by molar-refractivity contribution is 6.00. The molecule has 0 aliphatic carbocycles. The molecule has 1 aromatic carbocycles. The average Bonchev–Trinajstić information content (AvgIpc) is 2.30. The van der Waals surface area contributed by atoms with Crippen molar-refractivity contribution in [2.24, 2.45) is 0 Å². The number of piperidine rings is 1.